The zero-order chi connectivity index (χ0) is 18.8. The molecule has 0 aliphatic carbocycles. The van der Waals surface area contributed by atoms with Crippen LogP contribution in [0.15, 0.2) is 54.6 Å². The fraction of sp³-hybridized carbons (Fsp3) is 0.200. The van der Waals surface area contributed by atoms with Gasteiger partial charge in [0.2, 0.25) is 0 Å². The number of nitrogens with zero attached hydrogens (tertiary/aromatic N) is 3. The molecule has 0 spiro atoms. The van der Waals surface area contributed by atoms with Crippen molar-refractivity contribution in [3.63, 3.8) is 0 Å². The van der Waals surface area contributed by atoms with Gasteiger partial charge in [0.1, 0.15) is 23.7 Å². The second-order valence-electron chi connectivity index (χ2n) is 6.12. The maximum atomic E-state index is 13.6. The number of halogens is 1. The molecule has 2 aromatic carbocycles. The summed E-state index contributed by atoms with van der Waals surface area (Å²) in [6, 6.07) is 15.6. The van der Waals surface area contributed by atoms with Crippen LogP contribution in [0.25, 0.3) is 0 Å². The Labute approximate surface area is 155 Å². The van der Waals surface area contributed by atoms with Gasteiger partial charge >= 0.3 is 0 Å². The molecule has 27 heavy (non-hydrogen) atoms. The summed E-state index contributed by atoms with van der Waals surface area (Å²) in [5.41, 5.74) is 1.75. The molecule has 0 saturated heterocycles. The quantitative estimate of drug-likeness (QED) is 0.695. The topological polar surface area (TPSA) is 56.6 Å². The third kappa shape index (κ3) is 3.36. The molecule has 0 bridgehead atoms. The van der Waals surface area contributed by atoms with Crippen molar-refractivity contribution in [2.24, 2.45) is 0 Å². The zero-order valence-electron chi connectivity index (χ0n) is 14.8. The number of para-hydroxylation sites is 1. The minimum absolute atomic E-state index is 0.108. The van der Waals surface area contributed by atoms with Crippen molar-refractivity contribution in [1.29, 1.82) is 0 Å². The Balaban J connectivity index is 1.53. The van der Waals surface area contributed by atoms with Gasteiger partial charge in [-0.3, -0.25) is 9.48 Å². The number of ether oxygens (including phenoxy) is 2. The van der Waals surface area contributed by atoms with Crippen LogP contribution in [0.3, 0.4) is 0 Å². The highest BCUT2D eigenvalue weighted by Gasteiger charge is 2.28. The van der Waals surface area contributed by atoms with Crippen LogP contribution in [0.1, 0.15) is 16.2 Å². The Kier molecular flexibility index (Phi) is 4.50. The van der Waals surface area contributed by atoms with Crippen molar-refractivity contribution in [2.75, 3.05) is 18.6 Å². The van der Waals surface area contributed by atoms with E-state index in [1.54, 1.807) is 21.7 Å². The minimum Gasteiger partial charge on any atom is -0.494 e. The maximum Gasteiger partial charge on any atom is 0.276 e. The van der Waals surface area contributed by atoms with E-state index in [0.29, 0.717) is 30.2 Å². The molecule has 6 nitrogen and oxygen atoms in total. The van der Waals surface area contributed by atoms with Gasteiger partial charge in [-0.1, -0.05) is 18.2 Å². The second-order valence-corrected chi connectivity index (χ2v) is 6.12. The van der Waals surface area contributed by atoms with E-state index >= 15 is 0 Å². The number of benzene rings is 2. The van der Waals surface area contributed by atoms with E-state index in [2.05, 4.69) is 5.10 Å². The van der Waals surface area contributed by atoms with E-state index in [1.165, 1.54) is 19.2 Å². The normalized spacial score (nSPS) is 13.4. The fourth-order valence-electron chi connectivity index (χ4n) is 3.05. The number of carbonyl (C=O) groups excluding carboxylic acids is 1. The summed E-state index contributed by atoms with van der Waals surface area (Å²) in [6.07, 6.45) is 0. The molecule has 2 heterocycles. The number of rotatable bonds is 5. The highest BCUT2D eigenvalue weighted by atomic mass is 19.1. The predicted octanol–water partition coefficient (Wildman–Crippen LogP) is 3.27. The van der Waals surface area contributed by atoms with Gasteiger partial charge in [0.25, 0.3) is 5.91 Å². The summed E-state index contributed by atoms with van der Waals surface area (Å²) >= 11 is 0. The molecule has 1 aliphatic rings. The summed E-state index contributed by atoms with van der Waals surface area (Å²) in [5.74, 6) is 0.204. The average molecular weight is 367 g/mol. The number of aromatic nitrogens is 2. The smallest absolute Gasteiger partial charge is 0.276 e. The van der Waals surface area contributed by atoms with E-state index in [1.807, 2.05) is 30.3 Å². The second kappa shape index (κ2) is 7.11. The van der Waals surface area contributed by atoms with Gasteiger partial charge in [0, 0.05) is 18.3 Å². The van der Waals surface area contributed by atoms with Crippen LogP contribution in [-0.2, 0) is 13.2 Å². The van der Waals surface area contributed by atoms with Gasteiger partial charge in [-0.05, 0) is 30.3 Å². The molecule has 4 rings (SSSR count). The third-order valence-electron chi connectivity index (χ3n) is 4.41. The molecule has 0 N–H and O–H groups in total. The third-order valence-corrected chi connectivity index (χ3v) is 4.41. The first-order valence-electron chi connectivity index (χ1n) is 8.55. The number of hydrogen-bond acceptors (Lipinski definition) is 4. The van der Waals surface area contributed by atoms with Gasteiger partial charge in [0.15, 0.2) is 11.6 Å². The largest absolute Gasteiger partial charge is 0.494 e. The van der Waals surface area contributed by atoms with Gasteiger partial charge < -0.3 is 14.4 Å². The van der Waals surface area contributed by atoms with Crippen LogP contribution in [0.4, 0.5) is 10.1 Å². The fourth-order valence-corrected chi connectivity index (χ4v) is 3.05. The van der Waals surface area contributed by atoms with E-state index in [-0.39, 0.29) is 18.3 Å². The molecule has 7 heteroatoms. The summed E-state index contributed by atoms with van der Waals surface area (Å²) < 4.78 is 26.0. The minimum atomic E-state index is -0.462. The van der Waals surface area contributed by atoms with Crippen LogP contribution in [0.5, 0.6) is 11.5 Å². The predicted molar refractivity (Wildman–Crippen MR) is 97.6 cm³/mol. The van der Waals surface area contributed by atoms with E-state index in [9.17, 15) is 9.18 Å². The number of anilines is 1. The lowest BCUT2D eigenvalue weighted by Crippen LogP contribution is -2.40. The molecule has 138 valence electrons. The lowest BCUT2D eigenvalue weighted by Gasteiger charge is -2.27. The Morgan fingerprint density at radius 3 is 2.70 bits per heavy atom. The molecule has 1 aromatic heterocycles. The van der Waals surface area contributed by atoms with E-state index in [0.717, 1.165) is 5.75 Å². The van der Waals surface area contributed by atoms with E-state index in [4.69, 9.17) is 9.47 Å². The van der Waals surface area contributed by atoms with Crippen molar-refractivity contribution >= 4 is 11.6 Å². The first-order chi connectivity index (χ1) is 13.2. The van der Waals surface area contributed by atoms with Crippen molar-refractivity contribution in [3.8, 4) is 11.5 Å². The van der Waals surface area contributed by atoms with Gasteiger partial charge in [-0.25, -0.2) is 4.39 Å². The summed E-state index contributed by atoms with van der Waals surface area (Å²) in [7, 11) is 1.40. The molecule has 1 amide bonds. The summed E-state index contributed by atoms with van der Waals surface area (Å²) in [5, 5.41) is 4.45. The van der Waals surface area contributed by atoms with Crippen LogP contribution in [0.2, 0.25) is 0 Å². The highest BCUT2D eigenvalue weighted by Crippen LogP contribution is 2.27. The Morgan fingerprint density at radius 1 is 1.11 bits per heavy atom. The first kappa shape index (κ1) is 17.1. The monoisotopic (exact) mass is 367 g/mol. The molecule has 0 radical (unpaired) electrons. The van der Waals surface area contributed by atoms with Crippen LogP contribution < -0.4 is 14.4 Å². The Bertz CT molecular complexity index is 972. The lowest BCUT2D eigenvalue weighted by molar-refractivity contribution is 0.0962. The van der Waals surface area contributed by atoms with Crippen molar-refractivity contribution < 1.29 is 18.7 Å². The van der Waals surface area contributed by atoms with E-state index < -0.39 is 5.82 Å². The van der Waals surface area contributed by atoms with Crippen molar-refractivity contribution in [2.45, 2.75) is 13.2 Å². The lowest BCUT2D eigenvalue weighted by atomic mass is 10.2. The first-order valence-corrected chi connectivity index (χ1v) is 8.55. The number of carbonyl (C=O) groups is 1. The Morgan fingerprint density at radius 2 is 1.93 bits per heavy atom. The van der Waals surface area contributed by atoms with Crippen LogP contribution in [-0.4, -0.2) is 29.3 Å². The van der Waals surface area contributed by atoms with Crippen LogP contribution in [0, 0.1) is 5.82 Å². The number of hydrogen-bond donors (Lipinski definition) is 0. The molecular weight excluding hydrogens is 349 g/mol. The molecule has 0 fully saturated rings. The SMILES string of the molecule is COc1cc(N2CCn3nc(COc4ccccc4)cc3C2=O)ccc1F. The summed E-state index contributed by atoms with van der Waals surface area (Å²) in [4.78, 5) is 14.5. The molecule has 1 aliphatic heterocycles. The van der Waals surface area contributed by atoms with Gasteiger partial charge in [0.05, 0.1) is 13.7 Å². The van der Waals surface area contributed by atoms with Crippen molar-refractivity contribution in [3.05, 3.63) is 71.8 Å². The summed E-state index contributed by atoms with van der Waals surface area (Å²) in [6.45, 7) is 1.27. The zero-order valence-corrected chi connectivity index (χ0v) is 14.8. The number of methoxy groups -OCH3 is 1. The average Bonchev–Trinajstić information content (AvgIpc) is 3.12. The standard InChI is InChI=1S/C20H18FN3O3/c1-26-19-12-15(7-8-17(19)21)23-9-10-24-18(20(23)25)11-14(22-24)13-27-16-5-3-2-4-6-16/h2-8,11-12H,9-10,13H2,1H3. The molecule has 3 aromatic rings. The highest BCUT2D eigenvalue weighted by molar-refractivity contribution is 6.05. The van der Waals surface area contributed by atoms with Crippen molar-refractivity contribution in [1.82, 2.24) is 9.78 Å². The maximum absolute atomic E-state index is 13.6. The molecule has 0 saturated carbocycles. The number of amides is 1. The molecule has 0 atom stereocenters. The Hall–Kier alpha value is -3.35. The van der Waals surface area contributed by atoms with Crippen LogP contribution >= 0.6 is 0 Å². The number of fused-ring (bicyclic) bond motifs is 1. The molecular formula is C20H18FN3O3. The molecule has 0 unspecified atom stereocenters. The van der Waals surface area contributed by atoms with Gasteiger partial charge in [-0.15, -0.1) is 0 Å². The van der Waals surface area contributed by atoms with Gasteiger partial charge in [-0.2, -0.15) is 5.10 Å².